The van der Waals surface area contributed by atoms with Crippen molar-refractivity contribution in [3.8, 4) is 0 Å². The number of fused-ring (bicyclic) bond motifs is 1. The number of pyridine rings is 1. The summed E-state index contributed by atoms with van der Waals surface area (Å²) >= 11 is 0. The molecule has 106 valence electrons. The van der Waals surface area contributed by atoms with Crippen LogP contribution in [0.15, 0.2) is 35.1 Å². The van der Waals surface area contributed by atoms with Gasteiger partial charge in [0, 0.05) is 11.4 Å². The largest absolute Gasteiger partial charge is 0.348 e. The molecule has 1 aromatic heterocycles. The molecule has 1 heterocycles. The van der Waals surface area contributed by atoms with Crippen LogP contribution in [0.25, 0.3) is 10.8 Å². The van der Waals surface area contributed by atoms with Gasteiger partial charge in [-0.3, -0.25) is 9.59 Å². The Hall–Kier alpha value is -2.10. The summed E-state index contributed by atoms with van der Waals surface area (Å²) in [6.07, 6.45) is 0.996. The molecule has 2 N–H and O–H groups in total. The molecule has 0 fully saturated rings. The number of amides is 1. The summed E-state index contributed by atoms with van der Waals surface area (Å²) in [6.45, 7) is 6.16. The normalized spacial score (nSPS) is 13.9. The first-order chi connectivity index (χ1) is 9.52. The fraction of sp³-hybridized carbons (Fsp3) is 0.375. The van der Waals surface area contributed by atoms with Crippen molar-refractivity contribution in [1.29, 1.82) is 0 Å². The minimum Gasteiger partial charge on any atom is -0.348 e. The lowest BCUT2D eigenvalue weighted by molar-refractivity contribution is 0.0923. The number of carbonyl (C=O) groups excluding carboxylic acids is 1. The van der Waals surface area contributed by atoms with E-state index >= 15 is 0 Å². The number of nitrogens with one attached hydrogen (secondary N) is 2. The maximum Gasteiger partial charge on any atom is 0.268 e. The zero-order valence-corrected chi connectivity index (χ0v) is 12.1. The van der Waals surface area contributed by atoms with Crippen LogP contribution < -0.4 is 10.9 Å². The molecule has 0 saturated carbocycles. The highest BCUT2D eigenvalue weighted by Gasteiger charge is 2.15. The van der Waals surface area contributed by atoms with Crippen molar-refractivity contribution in [3.05, 3.63) is 46.4 Å². The van der Waals surface area contributed by atoms with E-state index in [-0.39, 0.29) is 17.5 Å². The molecule has 0 aliphatic heterocycles. The highest BCUT2D eigenvalue weighted by molar-refractivity contribution is 5.96. The van der Waals surface area contributed by atoms with Crippen LogP contribution >= 0.6 is 0 Å². The van der Waals surface area contributed by atoms with E-state index in [0.29, 0.717) is 17.0 Å². The first-order valence-corrected chi connectivity index (χ1v) is 6.96. The fourth-order valence-electron chi connectivity index (χ4n) is 2.11. The molecule has 2 aromatic rings. The number of H-pyrrole nitrogens is 1. The maximum atomic E-state index is 12.2. The minimum absolute atomic E-state index is 0.0717. The second-order valence-corrected chi connectivity index (χ2v) is 5.25. The maximum absolute atomic E-state index is 12.2. The van der Waals surface area contributed by atoms with Crippen LogP contribution in [0.1, 0.15) is 37.7 Å². The van der Waals surface area contributed by atoms with E-state index in [0.717, 1.165) is 11.8 Å². The molecule has 0 spiro atoms. The lowest BCUT2D eigenvalue weighted by Crippen LogP contribution is -2.37. The molecular weight excluding hydrogens is 252 g/mol. The number of hydrogen-bond donors (Lipinski definition) is 2. The van der Waals surface area contributed by atoms with Gasteiger partial charge in [0.15, 0.2) is 0 Å². The monoisotopic (exact) mass is 272 g/mol. The van der Waals surface area contributed by atoms with Crippen molar-refractivity contribution in [2.45, 2.75) is 33.2 Å². The van der Waals surface area contributed by atoms with Gasteiger partial charge in [-0.15, -0.1) is 0 Å². The highest BCUT2D eigenvalue weighted by atomic mass is 16.2. The summed E-state index contributed by atoms with van der Waals surface area (Å²) in [4.78, 5) is 26.8. The molecule has 2 atom stereocenters. The van der Waals surface area contributed by atoms with Gasteiger partial charge in [0.1, 0.15) is 5.69 Å². The van der Waals surface area contributed by atoms with Crippen LogP contribution in [0.3, 0.4) is 0 Å². The molecule has 0 aliphatic rings. The lowest BCUT2D eigenvalue weighted by Gasteiger charge is -2.19. The van der Waals surface area contributed by atoms with Crippen molar-refractivity contribution < 1.29 is 4.79 Å². The average molecular weight is 272 g/mol. The van der Waals surface area contributed by atoms with Gasteiger partial charge < -0.3 is 10.3 Å². The number of carbonyl (C=O) groups is 1. The van der Waals surface area contributed by atoms with E-state index in [1.165, 1.54) is 0 Å². The van der Waals surface area contributed by atoms with Gasteiger partial charge in [-0.05, 0) is 30.4 Å². The minimum atomic E-state index is -0.236. The Bertz CT molecular complexity index is 675. The molecule has 2 rings (SSSR count). The molecule has 2 unspecified atom stereocenters. The molecule has 4 heteroatoms. The quantitative estimate of drug-likeness (QED) is 0.899. The molecule has 0 bridgehead atoms. The summed E-state index contributed by atoms with van der Waals surface area (Å²) in [5.74, 6) is 0.159. The van der Waals surface area contributed by atoms with Crippen molar-refractivity contribution in [2.24, 2.45) is 5.92 Å². The van der Waals surface area contributed by atoms with Crippen LogP contribution in [0.4, 0.5) is 0 Å². The van der Waals surface area contributed by atoms with Gasteiger partial charge in [-0.25, -0.2) is 0 Å². The second kappa shape index (κ2) is 5.90. The van der Waals surface area contributed by atoms with Crippen LogP contribution in [-0.4, -0.2) is 16.9 Å². The SMILES string of the molecule is CCC(C)C(C)NC(=O)c1cc2ccccc2c(=O)[nH]1. The topological polar surface area (TPSA) is 62.0 Å². The van der Waals surface area contributed by atoms with Gasteiger partial charge >= 0.3 is 0 Å². The van der Waals surface area contributed by atoms with E-state index in [1.54, 1.807) is 12.1 Å². The Labute approximate surface area is 118 Å². The second-order valence-electron chi connectivity index (χ2n) is 5.25. The Kier molecular flexibility index (Phi) is 4.23. The highest BCUT2D eigenvalue weighted by Crippen LogP contribution is 2.11. The van der Waals surface area contributed by atoms with Crippen molar-refractivity contribution in [2.75, 3.05) is 0 Å². The van der Waals surface area contributed by atoms with Gasteiger partial charge in [-0.1, -0.05) is 38.5 Å². The van der Waals surface area contributed by atoms with Gasteiger partial charge in [0.2, 0.25) is 0 Å². The average Bonchev–Trinajstić information content (AvgIpc) is 2.46. The molecule has 20 heavy (non-hydrogen) atoms. The van der Waals surface area contributed by atoms with E-state index in [1.807, 2.05) is 25.1 Å². The Morgan fingerprint density at radius 2 is 2.00 bits per heavy atom. The first-order valence-electron chi connectivity index (χ1n) is 6.96. The number of rotatable bonds is 4. The zero-order valence-electron chi connectivity index (χ0n) is 12.1. The predicted molar refractivity (Wildman–Crippen MR) is 81.0 cm³/mol. The Morgan fingerprint density at radius 3 is 2.70 bits per heavy atom. The fourth-order valence-corrected chi connectivity index (χ4v) is 2.11. The number of benzene rings is 1. The molecule has 0 radical (unpaired) electrons. The summed E-state index contributed by atoms with van der Waals surface area (Å²) in [7, 11) is 0. The third-order valence-electron chi connectivity index (χ3n) is 3.85. The van der Waals surface area contributed by atoms with E-state index in [4.69, 9.17) is 0 Å². The van der Waals surface area contributed by atoms with Crippen LogP contribution in [-0.2, 0) is 0 Å². The third-order valence-corrected chi connectivity index (χ3v) is 3.85. The van der Waals surface area contributed by atoms with Crippen molar-refractivity contribution >= 4 is 16.7 Å². The van der Waals surface area contributed by atoms with Crippen LogP contribution in [0, 0.1) is 5.92 Å². The third kappa shape index (κ3) is 2.90. The molecule has 4 nitrogen and oxygen atoms in total. The van der Waals surface area contributed by atoms with E-state index in [2.05, 4.69) is 24.1 Å². The van der Waals surface area contributed by atoms with E-state index in [9.17, 15) is 9.59 Å². The predicted octanol–water partition coefficient (Wildman–Crippen LogP) is 2.69. The van der Waals surface area contributed by atoms with Crippen LogP contribution in [0.2, 0.25) is 0 Å². The van der Waals surface area contributed by atoms with Crippen molar-refractivity contribution in [3.63, 3.8) is 0 Å². The smallest absolute Gasteiger partial charge is 0.268 e. The van der Waals surface area contributed by atoms with E-state index < -0.39 is 0 Å². The number of aromatic nitrogens is 1. The molecule has 1 aromatic carbocycles. The molecule has 0 aliphatic carbocycles. The Balaban J connectivity index is 2.29. The summed E-state index contributed by atoms with van der Waals surface area (Å²) in [5.41, 5.74) is 0.0771. The lowest BCUT2D eigenvalue weighted by atomic mass is 10.0. The molecular formula is C16H20N2O2. The number of hydrogen-bond acceptors (Lipinski definition) is 2. The molecule has 1 amide bonds. The summed E-state index contributed by atoms with van der Waals surface area (Å²) in [5, 5.41) is 4.30. The number of aromatic amines is 1. The zero-order chi connectivity index (χ0) is 14.7. The standard InChI is InChI=1S/C16H20N2O2/c1-4-10(2)11(3)17-16(20)14-9-12-7-5-6-8-13(12)15(19)18-14/h5-11H,4H2,1-3H3,(H,17,20)(H,18,19). The van der Waals surface area contributed by atoms with Crippen LogP contribution in [0.5, 0.6) is 0 Å². The molecule has 0 saturated heterocycles. The van der Waals surface area contributed by atoms with Gasteiger partial charge in [-0.2, -0.15) is 0 Å². The van der Waals surface area contributed by atoms with Crippen molar-refractivity contribution in [1.82, 2.24) is 10.3 Å². The van der Waals surface area contributed by atoms with Gasteiger partial charge in [0.25, 0.3) is 11.5 Å². The summed E-state index contributed by atoms with van der Waals surface area (Å²) in [6, 6.07) is 9.03. The summed E-state index contributed by atoms with van der Waals surface area (Å²) < 4.78 is 0. The first kappa shape index (κ1) is 14.3. The Morgan fingerprint density at radius 1 is 1.30 bits per heavy atom. The van der Waals surface area contributed by atoms with Gasteiger partial charge in [0.05, 0.1) is 0 Å².